The van der Waals surface area contributed by atoms with E-state index in [1.165, 1.54) is 0 Å². The molecular formula is C11H19N7O. The van der Waals surface area contributed by atoms with Crippen LogP contribution in [0.15, 0.2) is 4.99 Å². The van der Waals surface area contributed by atoms with E-state index in [0.29, 0.717) is 12.2 Å². The lowest BCUT2D eigenvalue weighted by Gasteiger charge is -2.07. The fraction of sp³-hybridized carbons (Fsp3) is 0.455. The molecule has 1 heterocycles. The maximum atomic E-state index is 11.9. The highest BCUT2D eigenvalue weighted by molar-refractivity contribution is 6.06. The van der Waals surface area contributed by atoms with E-state index in [-0.39, 0.29) is 23.3 Å². The van der Waals surface area contributed by atoms with E-state index >= 15 is 0 Å². The van der Waals surface area contributed by atoms with Gasteiger partial charge in [-0.15, -0.1) is 0 Å². The van der Waals surface area contributed by atoms with Crippen molar-refractivity contribution in [3.8, 4) is 0 Å². The second kappa shape index (κ2) is 6.53. The molecule has 1 aromatic heterocycles. The maximum Gasteiger partial charge on any atom is 0.280 e. The Balaban J connectivity index is 2.78. The average molecular weight is 265 g/mol. The van der Waals surface area contributed by atoms with Gasteiger partial charge in [-0.05, 0) is 13.3 Å². The summed E-state index contributed by atoms with van der Waals surface area (Å²) in [5.74, 6) is -0.361. The SMILES string of the molecule is CCCCN=C(N)NC(=O)c1nc(C)c(N)nc1N. The molecule has 8 nitrogen and oxygen atoms in total. The number of carbonyl (C=O) groups excluding carboxylic acids is 1. The van der Waals surface area contributed by atoms with Gasteiger partial charge in [-0.25, -0.2) is 9.97 Å². The van der Waals surface area contributed by atoms with Crippen molar-refractivity contribution in [3.63, 3.8) is 0 Å². The fourth-order valence-corrected chi connectivity index (χ4v) is 1.29. The molecule has 0 fully saturated rings. The first-order chi connectivity index (χ1) is 8.95. The zero-order valence-electron chi connectivity index (χ0n) is 11.1. The van der Waals surface area contributed by atoms with Crippen LogP contribution in [-0.2, 0) is 0 Å². The first kappa shape index (κ1) is 14.7. The van der Waals surface area contributed by atoms with Crippen molar-refractivity contribution in [2.24, 2.45) is 10.7 Å². The topological polar surface area (TPSA) is 145 Å². The Morgan fingerprint density at radius 3 is 2.63 bits per heavy atom. The smallest absolute Gasteiger partial charge is 0.280 e. The van der Waals surface area contributed by atoms with E-state index in [1.807, 2.05) is 6.92 Å². The van der Waals surface area contributed by atoms with Crippen LogP contribution in [0.2, 0.25) is 0 Å². The van der Waals surface area contributed by atoms with Gasteiger partial charge in [-0.2, -0.15) is 0 Å². The lowest BCUT2D eigenvalue weighted by atomic mass is 10.3. The number of unbranched alkanes of at least 4 members (excludes halogenated alkanes) is 1. The molecule has 0 aliphatic rings. The molecule has 0 bridgehead atoms. The highest BCUT2D eigenvalue weighted by Gasteiger charge is 2.15. The summed E-state index contributed by atoms with van der Waals surface area (Å²) in [6.07, 6.45) is 1.90. The van der Waals surface area contributed by atoms with Gasteiger partial charge in [0.25, 0.3) is 5.91 Å². The number of aryl methyl sites for hydroxylation is 1. The molecule has 1 aromatic rings. The molecule has 8 heteroatoms. The van der Waals surface area contributed by atoms with Gasteiger partial charge in [-0.1, -0.05) is 13.3 Å². The second-order valence-electron chi connectivity index (χ2n) is 4.00. The fourth-order valence-electron chi connectivity index (χ4n) is 1.29. The van der Waals surface area contributed by atoms with Gasteiger partial charge in [-0.3, -0.25) is 15.1 Å². The highest BCUT2D eigenvalue weighted by atomic mass is 16.2. The summed E-state index contributed by atoms with van der Waals surface area (Å²) in [5.41, 5.74) is 17.1. The molecule has 1 amide bonds. The maximum absolute atomic E-state index is 11.9. The van der Waals surface area contributed by atoms with Gasteiger partial charge >= 0.3 is 0 Å². The predicted octanol–water partition coefficient (Wildman–Crippen LogP) is -0.206. The van der Waals surface area contributed by atoms with Crippen molar-refractivity contribution in [1.82, 2.24) is 15.3 Å². The number of aliphatic imine (C=N–C) groups is 1. The zero-order valence-corrected chi connectivity index (χ0v) is 11.1. The molecule has 1 rings (SSSR count). The van der Waals surface area contributed by atoms with Crippen LogP contribution in [0.4, 0.5) is 11.6 Å². The van der Waals surface area contributed by atoms with Crippen LogP contribution in [-0.4, -0.2) is 28.4 Å². The number of hydrogen-bond acceptors (Lipinski definition) is 6. The largest absolute Gasteiger partial charge is 0.382 e. The number of guanidine groups is 1. The van der Waals surface area contributed by atoms with Crippen molar-refractivity contribution in [2.45, 2.75) is 26.7 Å². The van der Waals surface area contributed by atoms with E-state index in [2.05, 4.69) is 20.3 Å². The average Bonchev–Trinajstić information content (AvgIpc) is 2.34. The number of amides is 1. The monoisotopic (exact) mass is 265 g/mol. The molecule has 0 saturated carbocycles. The first-order valence-corrected chi connectivity index (χ1v) is 5.96. The molecule has 0 aliphatic heterocycles. The summed E-state index contributed by atoms with van der Waals surface area (Å²) in [6, 6.07) is 0. The van der Waals surface area contributed by atoms with Crippen molar-refractivity contribution in [2.75, 3.05) is 18.0 Å². The van der Waals surface area contributed by atoms with Gasteiger partial charge in [0.1, 0.15) is 5.82 Å². The number of rotatable bonds is 4. The van der Waals surface area contributed by atoms with Gasteiger partial charge < -0.3 is 17.2 Å². The summed E-state index contributed by atoms with van der Waals surface area (Å²) in [7, 11) is 0. The third kappa shape index (κ3) is 4.09. The minimum Gasteiger partial charge on any atom is -0.382 e. The number of hydrogen-bond donors (Lipinski definition) is 4. The standard InChI is InChI=1S/C11H19N7O/c1-3-4-5-15-11(14)18-10(19)7-9(13)17-8(12)6(2)16-7/h3-5H2,1-2H3,(H4,12,13,17)(H3,14,15,18,19). The lowest BCUT2D eigenvalue weighted by molar-refractivity contribution is 0.0972. The molecule has 0 unspecified atom stereocenters. The van der Waals surface area contributed by atoms with Crippen molar-refractivity contribution in [3.05, 3.63) is 11.4 Å². The highest BCUT2D eigenvalue weighted by Crippen LogP contribution is 2.11. The van der Waals surface area contributed by atoms with Crippen LogP contribution < -0.4 is 22.5 Å². The first-order valence-electron chi connectivity index (χ1n) is 5.96. The van der Waals surface area contributed by atoms with E-state index in [1.54, 1.807) is 6.92 Å². The normalized spacial score (nSPS) is 11.4. The summed E-state index contributed by atoms with van der Waals surface area (Å²) >= 11 is 0. The van der Waals surface area contributed by atoms with Crippen LogP contribution in [0, 0.1) is 6.92 Å². The van der Waals surface area contributed by atoms with Gasteiger partial charge in [0, 0.05) is 6.54 Å². The number of nitrogens with two attached hydrogens (primary N) is 3. The predicted molar refractivity (Wildman–Crippen MR) is 74.5 cm³/mol. The Morgan fingerprint density at radius 2 is 2.00 bits per heavy atom. The Labute approximate surface area is 111 Å². The Kier molecular flexibility index (Phi) is 5.04. The molecule has 0 spiro atoms. The van der Waals surface area contributed by atoms with Crippen LogP contribution >= 0.6 is 0 Å². The number of anilines is 2. The number of nitrogens with zero attached hydrogens (tertiary/aromatic N) is 3. The minimum atomic E-state index is -0.550. The van der Waals surface area contributed by atoms with Crippen LogP contribution in [0.5, 0.6) is 0 Å². The molecule has 0 saturated heterocycles. The van der Waals surface area contributed by atoms with Crippen LogP contribution in [0.25, 0.3) is 0 Å². The van der Waals surface area contributed by atoms with Crippen LogP contribution in [0.1, 0.15) is 35.9 Å². The number of nitrogen functional groups attached to an aromatic ring is 2. The van der Waals surface area contributed by atoms with E-state index in [9.17, 15) is 4.79 Å². The molecule has 0 radical (unpaired) electrons. The van der Waals surface area contributed by atoms with Crippen molar-refractivity contribution in [1.29, 1.82) is 0 Å². The van der Waals surface area contributed by atoms with E-state index in [0.717, 1.165) is 12.8 Å². The van der Waals surface area contributed by atoms with Gasteiger partial charge in [0.05, 0.1) is 5.69 Å². The van der Waals surface area contributed by atoms with Gasteiger partial charge in [0.15, 0.2) is 17.5 Å². The minimum absolute atomic E-state index is 0.0136. The molecule has 0 aliphatic carbocycles. The number of nitrogens with one attached hydrogen (secondary N) is 1. The summed E-state index contributed by atoms with van der Waals surface area (Å²) in [6.45, 7) is 4.24. The second-order valence-corrected chi connectivity index (χ2v) is 4.00. The quantitative estimate of drug-likeness (QED) is 0.337. The molecule has 0 atom stereocenters. The Morgan fingerprint density at radius 1 is 1.32 bits per heavy atom. The van der Waals surface area contributed by atoms with Crippen LogP contribution in [0.3, 0.4) is 0 Å². The summed E-state index contributed by atoms with van der Waals surface area (Å²) < 4.78 is 0. The van der Waals surface area contributed by atoms with E-state index < -0.39 is 5.91 Å². The third-order valence-electron chi connectivity index (χ3n) is 2.38. The van der Waals surface area contributed by atoms with Crippen molar-refractivity contribution >= 4 is 23.5 Å². The summed E-state index contributed by atoms with van der Waals surface area (Å²) in [4.78, 5) is 23.7. The van der Waals surface area contributed by atoms with E-state index in [4.69, 9.17) is 17.2 Å². The molecule has 7 N–H and O–H groups in total. The lowest BCUT2D eigenvalue weighted by Crippen LogP contribution is -2.38. The Bertz CT molecular complexity index is 498. The number of aromatic nitrogens is 2. The summed E-state index contributed by atoms with van der Waals surface area (Å²) in [5, 5.41) is 2.41. The van der Waals surface area contributed by atoms with Crippen molar-refractivity contribution < 1.29 is 4.79 Å². The molecule has 0 aromatic carbocycles. The van der Waals surface area contributed by atoms with Gasteiger partial charge in [0.2, 0.25) is 0 Å². The zero-order chi connectivity index (χ0) is 14.4. The molecular weight excluding hydrogens is 246 g/mol. The number of carbonyl (C=O) groups is 1. The molecule has 104 valence electrons. The molecule has 19 heavy (non-hydrogen) atoms. The Hall–Kier alpha value is -2.38. The third-order valence-corrected chi connectivity index (χ3v) is 2.38.